The summed E-state index contributed by atoms with van der Waals surface area (Å²) in [5.41, 5.74) is 5.13. The molecule has 0 saturated heterocycles. The average molecular weight is 315 g/mol. The third kappa shape index (κ3) is 3.36. The second-order valence-electron chi connectivity index (χ2n) is 5.83. The summed E-state index contributed by atoms with van der Waals surface area (Å²) in [5, 5.41) is 0. The van der Waals surface area contributed by atoms with Crippen LogP contribution >= 0.6 is 0 Å². The molecule has 1 fully saturated rings. The molecule has 2 rings (SSSR count). The summed E-state index contributed by atoms with van der Waals surface area (Å²) >= 11 is 0. The largest absolute Gasteiger partial charge is 0.396 e. The molecule has 0 radical (unpaired) electrons. The molecule has 0 unspecified atom stereocenters. The maximum atomic E-state index is 13.1. The Kier molecular flexibility index (Phi) is 4.55. The molecule has 1 aromatic carbocycles. The molecule has 0 bridgehead atoms. The molecule has 3 N–H and O–H groups in total. The summed E-state index contributed by atoms with van der Waals surface area (Å²) in [4.78, 5) is 2.08. The minimum absolute atomic E-state index is 0.00620. The Morgan fingerprint density at radius 2 is 1.95 bits per heavy atom. The van der Waals surface area contributed by atoms with Crippen molar-refractivity contribution in [3.05, 3.63) is 24.0 Å². The molecule has 0 aromatic heterocycles. The summed E-state index contributed by atoms with van der Waals surface area (Å²) in [6.45, 7) is 0.347. The van der Waals surface area contributed by atoms with Gasteiger partial charge in [-0.25, -0.2) is 17.5 Å². The lowest BCUT2D eigenvalue weighted by molar-refractivity contribution is 0.162. The number of nitrogen functional groups attached to an aromatic ring is 1. The highest BCUT2D eigenvalue weighted by molar-refractivity contribution is 7.89. The van der Waals surface area contributed by atoms with E-state index in [1.54, 1.807) is 0 Å². The minimum Gasteiger partial charge on any atom is -0.396 e. The van der Waals surface area contributed by atoms with Gasteiger partial charge in [0.1, 0.15) is 5.82 Å². The fourth-order valence-electron chi connectivity index (χ4n) is 2.82. The van der Waals surface area contributed by atoms with E-state index in [-0.39, 0.29) is 16.1 Å². The third-order valence-electron chi connectivity index (χ3n) is 4.35. The highest BCUT2D eigenvalue weighted by Crippen LogP contribution is 2.33. The van der Waals surface area contributed by atoms with Crippen LogP contribution in [0.25, 0.3) is 0 Å². The molecule has 1 saturated carbocycles. The van der Waals surface area contributed by atoms with Crippen LogP contribution in [0.5, 0.6) is 0 Å². The van der Waals surface area contributed by atoms with Crippen molar-refractivity contribution in [2.75, 3.05) is 26.4 Å². The Bertz CT molecular complexity index is 611. The van der Waals surface area contributed by atoms with Crippen molar-refractivity contribution in [1.82, 2.24) is 9.62 Å². The van der Waals surface area contributed by atoms with Crippen molar-refractivity contribution in [3.8, 4) is 0 Å². The highest BCUT2D eigenvalue weighted by Gasteiger charge is 2.37. The zero-order valence-electron chi connectivity index (χ0n) is 12.4. The number of likely N-dealkylation sites (N-methyl/N-ethyl adjacent to an activating group) is 1. The monoisotopic (exact) mass is 315 g/mol. The van der Waals surface area contributed by atoms with Gasteiger partial charge in [-0.2, -0.15) is 0 Å². The number of hydrogen-bond donors (Lipinski definition) is 2. The first-order valence-corrected chi connectivity index (χ1v) is 8.47. The zero-order valence-corrected chi connectivity index (χ0v) is 13.2. The minimum atomic E-state index is -3.68. The average Bonchev–Trinajstić information content (AvgIpc) is 2.90. The number of halogens is 1. The SMILES string of the molecule is CN(C)C1(CNS(=O)(=O)c2ccc(F)c(N)c2)CCCC1. The van der Waals surface area contributed by atoms with Crippen LogP contribution < -0.4 is 10.5 Å². The van der Waals surface area contributed by atoms with Crippen LogP contribution in [0, 0.1) is 5.82 Å². The fourth-order valence-corrected chi connectivity index (χ4v) is 3.97. The lowest BCUT2D eigenvalue weighted by Gasteiger charge is -2.36. The van der Waals surface area contributed by atoms with E-state index in [2.05, 4.69) is 9.62 Å². The number of nitrogens with one attached hydrogen (secondary N) is 1. The van der Waals surface area contributed by atoms with Crippen LogP contribution in [-0.4, -0.2) is 39.5 Å². The molecule has 1 aliphatic rings. The van der Waals surface area contributed by atoms with Crippen molar-refractivity contribution in [2.45, 2.75) is 36.1 Å². The van der Waals surface area contributed by atoms with Gasteiger partial charge in [0.2, 0.25) is 10.0 Å². The second kappa shape index (κ2) is 5.90. The van der Waals surface area contributed by atoms with Crippen LogP contribution in [0.15, 0.2) is 23.1 Å². The molecule has 7 heteroatoms. The first-order chi connectivity index (χ1) is 9.77. The normalized spacial score (nSPS) is 18.3. The summed E-state index contributed by atoms with van der Waals surface area (Å²) < 4.78 is 40.4. The van der Waals surface area contributed by atoms with Crippen molar-refractivity contribution in [3.63, 3.8) is 0 Å². The van der Waals surface area contributed by atoms with Crippen molar-refractivity contribution in [1.29, 1.82) is 0 Å². The summed E-state index contributed by atoms with van der Waals surface area (Å²) in [5.74, 6) is -0.616. The molecule has 0 heterocycles. The lowest BCUT2D eigenvalue weighted by Crippen LogP contribution is -2.50. The molecule has 5 nitrogen and oxygen atoms in total. The van der Waals surface area contributed by atoms with Crippen LogP contribution in [0.2, 0.25) is 0 Å². The number of rotatable bonds is 5. The van der Waals surface area contributed by atoms with Gasteiger partial charge in [-0.3, -0.25) is 0 Å². The van der Waals surface area contributed by atoms with Gasteiger partial charge in [-0.1, -0.05) is 12.8 Å². The van der Waals surface area contributed by atoms with Gasteiger partial charge < -0.3 is 10.6 Å². The Hall–Kier alpha value is -1.18. The number of anilines is 1. The predicted octanol–water partition coefficient (Wildman–Crippen LogP) is 1.56. The summed E-state index contributed by atoms with van der Waals surface area (Å²) in [7, 11) is 0.254. The van der Waals surface area contributed by atoms with E-state index < -0.39 is 15.8 Å². The van der Waals surface area contributed by atoms with Gasteiger partial charge in [-0.15, -0.1) is 0 Å². The van der Waals surface area contributed by atoms with Crippen LogP contribution in [0.4, 0.5) is 10.1 Å². The topological polar surface area (TPSA) is 75.4 Å². The van der Waals surface area contributed by atoms with Gasteiger partial charge in [0.15, 0.2) is 0 Å². The molecule has 0 aliphatic heterocycles. The van der Waals surface area contributed by atoms with E-state index in [4.69, 9.17) is 5.73 Å². The van der Waals surface area contributed by atoms with E-state index in [1.165, 1.54) is 6.07 Å². The summed E-state index contributed by atoms with van der Waals surface area (Å²) in [6.07, 6.45) is 4.13. The third-order valence-corrected chi connectivity index (χ3v) is 5.75. The first kappa shape index (κ1) is 16.2. The van der Waals surface area contributed by atoms with Crippen molar-refractivity contribution in [2.24, 2.45) is 0 Å². The highest BCUT2D eigenvalue weighted by atomic mass is 32.2. The van der Waals surface area contributed by atoms with Gasteiger partial charge >= 0.3 is 0 Å². The van der Waals surface area contributed by atoms with E-state index >= 15 is 0 Å². The lowest BCUT2D eigenvalue weighted by atomic mass is 9.97. The zero-order chi connectivity index (χ0) is 15.7. The first-order valence-electron chi connectivity index (χ1n) is 6.99. The number of hydrogen-bond acceptors (Lipinski definition) is 4. The van der Waals surface area contributed by atoms with Crippen molar-refractivity contribution >= 4 is 15.7 Å². The maximum absolute atomic E-state index is 13.1. The molecule has 0 amide bonds. The Morgan fingerprint density at radius 1 is 1.33 bits per heavy atom. The van der Waals surface area contributed by atoms with E-state index in [1.807, 2.05) is 14.1 Å². The maximum Gasteiger partial charge on any atom is 0.240 e. The van der Waals surface area contributed by atoms with Crippen molar-refractivity contribution < 1.29 is 12.8 Å². The van der Waals surface area contributed by atoms with Gasteiger partial charge in [0.25, 0.3) is 0 Å². The standard InChI is InChI=1S/C14H22FN3O2S/c1-18(2)14(7-3-4-8-14)10-17-21(19,20)11-5-6-12(15)13(16)9-11/h5-6,9,17H,3-4,7-8,10,16H2,1-2H3. The quantitative estimate of drug-likeness (QED) is 0.809. The second-order valence-corrected chi connectivity index (χ2v) is 7.60. The van der Waals surface area contributed by atoms with E-state index in [9.17, 15) is 12.8 Å². The fraction of sp³-hybridized carbons (Fsp3) is 0.571. The van der Waals surface area contributed by atoms with Crippen LogP contribution in [-0.2, 0) is 10.0 Å². The molecule has 0 atom stereocenters. The molecule has 21 heavy (non-hydrogen) atoms. The van der Waals surface area contributed by atoms with Gasteiger partial charge in [0, 0.05) is 12.1 Å². The van der Waals surface area contributed by atoms with Gasteiger partial charge in [-0.05, 0) is 45.1 Å². The predicted molar refractivity (Wildman–Crippen MR) is 80.9 cm³/mol. The Labute approximate surface area is 125 Å². The number of benzene rings is 1. The molecule has 0 spiro atoms. The molecule has 118 valence electrons. The molecular formula is C14H22FN3O2S. The van der Waals surface area contributed by atoms with Crippen LogP contribution in [0.3, 0.4) is 0 Å². The van der Waals surface area contributed by atoms with E-state index in [0.717, 1.165) is 37.8 Å². The smallest absolute Gasteiger partial charge is 0.240 e. The summed E-state index contributed by atoms with van der Waals surface area (Å²) in [6, 6.07) is 3.45. The van der Waals surface area contributed by atoms with E-state index in [0.29, 0.717) is 6.54 Å². The molecule has 1 aliphatic carbocycles. The van der Waals surface area contributed by atoms with Gasteiger partial charge in [0.05, 0.1) is 10.6 Å². The van der Waals surface area contributed by atoms with Crippen LogP contribution in [0.1, 0.15) is 25.7 Å². The molecule has 1 aromatic rings. The number of nitrogens with two attached hydrogens (primary N) is 1. The molecular weight excluding hydrogens is 293 g/mol. The number of sulfonamides is 1. The Morgan fingerprint density at radius 3 is 2.48 bits per heavy atom. The number of nitrogens with zero attached hydrogens (tertiary/aromatic N) is 1. The Balaban J connectivity index is 2.15.